The molecular formula is C11H9N3O4. The number of nitrogens with zero attached hydrogens (tertiary/aromatic N) is 2. The number of fused-ring (bicyclic) bond motifs is 1. The minimum Gasteiger partial charge on any atom is -0.480 e. The van der Waals surface area contributed by atoms with Crippen LogP contribution in [0.25, 0.3) is 10.9 Å². The van der Waals surface area contributed by atoms with Crippen molar-refractivity contribution in [1.82, 2.24) is 4.98 Å². The summed E-state index contributed by atoms with van der Waals surface area (Å²) in [4.78, 5) is 24.7. The van der Waals surface area contributed by atoms with Crippen LogP contribution < -0.4 is 5.32 Å². The summed E-state index contributed by atoms with van der Waals surface area (Å²) in [5.74, 6) is -0.570. The van der Waals surface area contributed by atoms with Gasteiger partial charge in [0, 0.05) is 17.5 Å². The summed E-state index contributed by atoms with van der Waals surface area (Å²) in [6.07, 6.45) is 0. The molecule has 0 unspecified atom stereocenters. The van der Waals surface area contributed by atoms with Gasteiger partial charge in [-0.3, -0.25) is 14.9 Å². The summed E-state index contributed by atoms with van der Waals surface area (Å²) >= 11 is 0. The van der Waals surface area contributed by atoms with E-state index in [4.69, 9.17) is 5.11 Å². The van der Waals surface area contributed by atoms with E-state index in [-0.39, 0.29) is 12.2 Å². The number of benzene rings is 1. The van der Waals surface area contributed by atoms with Gasteiger partial charge in [0.1, 0.15) is 12.4 Å². The lowest BCUT2D eigenvalue weighted by Gasteiger charge is -2.03. The number of hydrogen-bond acceptors (Lipinski definition) is 5. The molecule has 0 amide bonds. The van der Waals surface area contributed by atoms with Gasteiger partial charge < -0.3 is 10.4 Å². The van der Waals surface area contributed by atoms with E-state index in [1.165, 1.54) is 18.2 Å². The molecule has 1 heterocycles. The Balaban J connectivity index is 2.32. The molecule has 0 aliphatic rings. The molecule has 0 atom stereocenters. The van der Waals surface area contributed by atoms with Crippen LogP contribution >= 0.6 is 0 Å². The average Bonchev–Trinajstić information content (AvgIpc) is 2.35. The Morgan fingerprint density at radius 3 is 2.83 bits per heavy atom. The number of rotatable bonds is 4. The number of nitrogens with one attached hydrogen (secondary N) is 1. The lowest BCUT2D eigenvalue weighted by atomic mass is 10.2. The maximum atomic E-state index is 10.6. The predicted octanol–water partition coefficient (Wildman–Crippen LogP) is 1.64. The molecule has 18 heavy (non-hydrogen) atoms. The topological polar surface area (TPSA) is 105 Å². The number of non-ortho nitro benzene ring substituents is 1. The van der Waals surface area contributed by atoms with Crippen molar-refractivity contribution in [3.63, 3.8) is 0 Å². The molecular weight excluding hydrogens is 238 g/mol. The zero-order valence-corrected chi connectivity index (χ0v) is 9.16. The van der Waals surface area contributed by atoms with E-state index in [0.717, 1.165) is 0 Å². The Morgan fingerprint density at radius 2 is 2.17 bits per heavy atom. The first-order valence-electron chi connectivity index (χ1n) is 5.07. The molecule has 0 bridgehead atoms. The SMILES string of the molecule is O=C(O)CNc1ccc2cc([N+](=O)[O-])ccc2n1. The minimum absolute atomic E-state index is 0.00412. The molecule has 0 spiro atoms. The van der Waals surface area contributed by atoms with E-state index in [1.54, 1.807) is 12.1 Å². The molecule has 0 aliphatic heterocycles. The summed E-state index contributed by atoms with van der Waals surface area (Å²) in [6.45, 7) is -0.231. The van der Waals surface area contributed by atoms with E-state index in [9.17, 15) is 14.9 Å². The summed E-state index contributed by atoms with van der Waals surface area (Å²) in [5, 5.41) is 22.4. The van der Waals surface area contributed by atoms with E-state index in [1.807, 2.05) is 0 Å². The summed E-state index contributed by atoms with van der Waals surface area (Å²) < 4.78 is 0. The first-order valence-corrected chi connectivity index (χ1v) is 5.07. The van der Waals surface area contributed by atoms with Gasteiger partial charge in [0.05, 0.1) is 10.4 Å². The number of hydrogen-bond donors (Lipinski definition) is 2. The Kier molecular flexibility index (Phi) is 3.05. The van der Waals surface area contributed by atoms with Crippen LogP contribution in [0.2, 0.25) is 0 Å². The number of aliphatic carboxylic acids is 1. The van der Waals surface area contributed by atoms with Gasteiger partial charge in [0.2, 0.25) is 0 Å². The maximum Gasteiger partial charge on any atom is 0.322 e. The first-order chi connectivity index (χ1) is 8.56. The molecule has 7 nitrogen and oxygen atoms in total. The quantitative estimate of drug-likeness (QED) is 0.628. The van der Waals surface area contributed by atoms with Gasteiger partial charge in [-0.2, -0.15) is 0 Å². The monoisotopic (exact) mass is 247 g/mol. The van der Waals surface area contributed by atoms with Crippen LogP contribution in [0.5, 0.6) is 0 Å². The van der Waals surface area contributed by atoms with Gasteiger partial charge in [0.15, 0.2) is 0 Å². The Morgan fingerprint density at radius 1 is 1.39 bits per heavy atom. The lowest BCUT2D eigenvalue weighted by molar-refractivity contribution is -0.384. The fourth-order valence-electron chi connectivity index (χ4n) is 1.49. The molecule has 7 heteroatoms. The number of nitro groups is 1. The number of carboxylic acid groups (broad SMARTS) is 1. The largest absolute Gasteiger partial charge is 0.480 e. The van der Waals surface area contributed by atoms with Crippen LogP contribution in [-0.2, 0) is 4.79 Å². The second kappa shape index (κ2) is 4.66. The summed E-state index contributed by atoms with van der Waals surface area (Å²) in [7, 11) is 0. The van der Waals surface area contributed by atoms with Crippen LogP contribution in [0.3, 0.4) is 0 Å². The van der Waals surface area contributed by atoms with Crippen LogP contribution in [0.15, 0.2) is 30.3 Å². The van der Waals surface area contributed by atoms with Crippen molar-refractivity contribution in [3.8, 4) is 0 Å². The van der Waals surface area contributed by atoms with Gasteiger partial charge in [-0.1, -0.05) is 0 Å². The number of aromatic nitrogens is 1. The third-order valence-corrected chi connectivity index (χ3v) is 2.30. The fraction of sp³-hybridized carbons (Fsp3) is 0.0909. The standard InChI is InChI=1S/C11H9N3O4/c15-11(16)6-12-10-4-1-7-5-8(14(17)18)2-3-9(7)13-10/h1-5H,6H2,(H,12,13)(H,15,16). The van der Waals surface area contributed by atoms with E-state index >= 15 is 0 Å². The zero-order valence-electron chi connectivity index (χ0n) is 9.16. The smallest absolute Gasteiger partial charge is 0.322 e. The highest BCUT2D eigenvalue weighted by molar-refractivity contribution is 5.83. The van der Waals surface area contributed by atoms with Crippen molar-refractivity contribution in [2.24, 2.45) is 0 Å². The van der Waals surface area contributed by atoms with Gasteiger partial charge in [-0.15, -0.1) is 0 Å². The van der Waals surface area contributed by atoms with Crippen molar-refractivity contribution < 1.29 is 14.8 Å². The van der Waals surface area contributed by atoms with E-state index in [0.29, 0.717) is 16.7 Å². The minimum atomic E-state index is -0.986. The van der Waals surface area contributed by atoms with Crippen LogP contribution in [0.1, 0.15) is 0 Å². The van der Waals surface area contributed by atoms with Crippen molar-refractivity contribution in [3.05, 3.63) is 40.4 Å². The van der Waals surface area contributed by atoms with Crippen molar-refractivity contribution in [1.29, 1.82) is 0 Å². The second-order valence-electron chi connectivity index (χ2n) is 3.58. The number of nitro benzene ring substituents is 1. The Labute approximate surface area is 101 Å². The molecule has 0 radical (unpaired) electrons. The highest BCUT2D eigenvalue weighted by Crippen LogP contribution is 2.20. The molecule has 92 valence electrons. The normalized spacial score (nSPS) is 10.2. The molecule has 0 saturated heterocycles. The predicted molar refractivity (Wildman–Crippen MR) is 64.5 cm³/mol. The molecule has 0 saturated carbocycles. The van der Waals surface area contributed by atoms with Crippen molar-refractivity contribution >= 4 is 28.4 Å². The zero-order chi connectivity index (χ0) is 13.1. The third kappa shape index (κ3) is 2.51. The van der Waals surface area contributed by atoms with E-state index < -0.39 is 10.9 Å². The Bertz CT molecular complexity index is 627. The van der Waals surface area contributed by atoms with Gasteiger partial charge >= 0.3 is 5.97 Å². The van der Waals surface area contributed by atoms with Crippen LogP contribution in [0.4, 0.5) is 11.5 Å². The van der Waals surface area contributed by atoms with Crippen LogP contribution in [-0.4, -0.2) is 27.5 Å². The molecule has 0 aliphatic carbocycles. The second-order valence-corrected chi connectivity index (χ2v) is 3.58. The van der Waals surface area contributed by atoms with E-state index in [2.05, 4.69) is 10.3 Å². The molecule has 2 N–H and O–H groups in total. The number of pyridine rings is 1. The Hall–Kier alpha value is -2.70. The average molecular weight is 247 g/mol. The summed E-state index contributed by atoms with van der Waals surface area (Å²) in [5.41, 5.74) is 0.562. The van der Waals surface area contributed by atoms with Gasteiger partial charge in [0.25, 0.3) is 5.69 Å². The molecule has 2 rings (SSSR count). The first kappa shape index (κ1) is 11.8. The molecule has 1 aromatic heterocycles. The highest BCUT2D eigenvalue weighted by Gasteiger charge is 2.07. The summed E-state index contributed by atoms with van der Waals surface area (Å²) in [6, 6.07) is 7.54. The van der Waals surface area contributed by atoms with Crippen molar-refractivity contribution in [2.45, 2.75) is 0 Å². The molecule has 2 aromatic rings. The van der Waals surface area contributed by atoms with Crippen LogP contribution in [0, 0.1) is 10.1 Å². The lowest BCUT2D eigenvalue weighted by Crippen LogP contribution is -2.13. The number of anilines is 1. The maximum absolute atomic E-state index is 10.6. The number of carbonyl (C=O) groups is 1. The molecule has 0 fully saturated rings. The fourth-order valence-corrected chi connectivity index (χ4v) is 1.49. The van der Waals surface area contributed by atoms with Gasteiger partial charge in [-0.25, -0.2) is 4.98 Å². The van der Waals surface area contributed by atoms with Crippen molar-refractivity contribution in [2.75, 3.05) is 11.9 Å². The number of carboxylic acids is 1. The third-order valence-electron chi connectivity index (χ3n) is 2.30. The van der Waals surface area contributed by atoms with Gasteiger partial charge in [-0.05, 0) is 18.2 Å². The highest BCUT2D eigenvalue weighted by atomic mass is 16.6. The molecule has 1 aromatic carbocycles.